The summed E-state index contributed by atoms with van der Waals surface area (Å²) in [6, 6.07) is 11.8. The van der Waals surface area contributed by atoms with Crippen molar-refractivity contribution >= 4 is 23.8 Å². The smallest absolute Gasteiger partial charge is 0.335 e. The third-order valence-electron chi connectivity index (χ3n) is 3.75. The zero-order chi connectivity index (χ0) is 18.0. The number of rotatable bonds is 5. The molecular formula is C18H13NO6. The predicted octanol–water partition coefficient (Wildman–Crippen LogP) is 1.98. The average Bonchev–Trinajstić information content (AvgIpc) is 2.85. The number of carboxylic acids is 1. The van der Waals surface area contributed by atoms with Crippen molar-refractivity contribution in [1.82, 2.24) is 4.90 Å². The fourth-order valence-corrected chi connectivity index (χ4v) is 2.49. The Morgan fingerprint density at radius 3 is 2.00 bits per heavy atom. The number of amides is 2. The molecule has 2 amide bonds. The third-order valence-corrected chi connectivity index (χ3v) is 3.75. The summed E-state index contributed by atoms with van der Waals surface area (Å²) in [5.41, 5.74) is 0.723. The number of ether oxygens (including phenoxy) is 1. The Balaban J connectivity index is 1.59. The first kappa shape index (κ1) is 16.4. The maximum Gasteiger partial charge on any atom is 0.335 e. The van der Waals surface area contributed by atoms with E-state index in [4.69, 9.17) is 9.84 Å². The first-order chi connectivity index (χ1) is 12.0. The van der Waals surface area contributed by atoms with Gasteiger partial charge in [0.15, 0.2) is 0 Å². The number of esters is 1. The second kappa shape index (κ2) is 6.56. The number of hydrogen-bond donors (Lipinski definition) is 1. The molecule has 7 nitrogen and oxygen atoms in total. The number of imide groups is 1. The Bertz CT molecular complexity index is 836. The number of benzene rings is 2. The van der Waals surface area contributed by atoms with E-state index < -0.39 is 23.8 Å². The predicted molar refractivity (Wildman–Crippen MR) is 85.5 cm³/mol. The number of nitrogens with zero attached hydrogens (tertiary/aromatic N) is 1. The highest BCUT2D eigenvalue weighted by Crippen LogP contribution is 2.22. The molecule has 1 aliphatic heterocycles. The molecular weight excluding hydrogens is 326 g/mol. The molecule has 0 spiro atoms. The summed E-state index contributed by atoms with van der Waals surface area (Å²) in [4.78, 5) is 48.0. The lowest BCUT2D eigenvalue weighted by molar-refractivity contribution is -0.134. The normalized spacial score (nSPS) is 12.9. The van der Waals surface area contributed by atoms with Gasteiger partial charge in [-0.1, -0.05) is 12.1 Å². The first-order valence-electron chi connectivity index (χ1n) is 7.46. The van der Waals surface area contributed by atoms with Crippen LogP contribution in [-0.2, 0) is 4.79 Å². The SMILES string of the molecule is O=C(CCN1C(=O)c2ccccc2C1=O)Oc1ccc(C(=O)O)cc1. The lowest BCUT2D eigenvalue weighted by Crippen LogP contribution is -2.32. The zero-order valence-corrected chi connectivity index (χ0v) is 13.0. The summed E-state index contributed by atoms with van der Waals surface area (Å²) >= 11 is 0. The molecule has 0 aliphatic carbocycles. The van der Waals surface area contributed by atoms with E-state index >= 15 is 0 Å². The van der Waals surface area contributed by atoms with E-state index in [2.05, 4.69) is 0 Å². The van der Waals surface area contributed by atoms with Crippen LogP contribution < -0.4 is 4.74 Å². The summed E-state index contributed by atoms with van der Waals surface area (Å²) in [6.07, 6.45) is -0.161. The van der Waals surface area contributed by atoms with Gasteiger partial charge in [-0.15, -0.1) is 0 Å². The minimum Gasteiger partial charge on any atom is -0.478 e. The van der Waals surface area contributed by atoms with Crippen LogP contribution >= 0.6 is 0 Å². The van der Waals surface area contributed by atoms with E-state index in [0.29, 0.717) is 11.1 Å². The van der Waals surface area contributed by atoms with Crippen molar-refractivity contribution in [3.63, 3.8) is 0 Å². The van der Waals surface area contributed by atoms with Crippen molar-refractivity contribution in [2.45, 2.75) is 6.42 Å². The molecule has 0 saturated carbocycles. The molecule has 3 rings (SSSR count). The van der Waals surface area contributed by atoms with Crippen molar-refractivity contribution in [2.24, 2.45) is 0 Å². The largest absolute Gasteiger partial charge is 0.478 e. The lowest BCUT2D eigenvalue weighted by atomic mass is 10.1. The Labute approximate surface area is 142 Å². The van der Waals surface area contributed by atoms with E-state index in [0.717, 1.165) is 4.90 Å². The topological polar surface area (TPSA) is 101 Å². The van der Waals surface area contributed by atoms with Crippen LogP contribution in [0.3, 0.4) is 0 Å². The minimum absolute atomic E-state index is 0.0748. The Morgan fingerprint density at radius 1 is 0.920 bits per heavy atom. The maximum atomic E-state index is 12.2. The van der Waals surface area contributed by atoms with Gasteiger partial charge in [0.25, 0.3) is 11.8 Å². The summed E-state index contributed by atoms with van der Waals surface area (Å²) < 4.78 is 5.08. The highest BCUT2D eigenvalue weighted by Gasteiger charge is 2.35. The van der Waals surface area contributed by atoms with Gasteiger partial charge in [-0.05, 0) is 36.4 Å². The lowest BCUT2D eigenvalue weighted by Gasteiger charge is -2.13. The van der Waals surface area contributed by atoms with Crippen LogP contribution in [0.2, 0.25) is 0 Å². The average molecular weight is 339 g/mol. The molecule has 0 aromatic heterocycles. The van der Waals surface area contributed by atoms with E-state index in [1.807, 2.05) is 0 Å². The number of hydrogen-bond acceptors (Lipinski definition) is 5. The summed E-state index contributed by atoms with van der Waals surface area (Å²) in [5, 5.41) is 8.81. The fourth-order valence-electron chi connectivity index (χ4n) is 2.49. The van der Waals surface area contributed by atoms with Crippen molar-refractivity contribution in [3.05, 3.63) is 65.2 Å². The van der Waals surface area contributed by atoms with Crippen molar-refractivity contribution in [3.8, 4) is 5.75 Å². The van der Waals surface area contributed by atoms with E-state index in [1.165, 1.54) is 24.3 Å². The molecule has 0 unspecified atom stereocenters. The van der Waals surface area contributed by atoms with E-state index in [1.54, 1.807) is 24.3 Å². The third kappa shape index (κ3) is 3.25. The number of carbonyl (C=O) groups is 4. The molecule has 0 fully saturated rings. The molecule has 0 atom stereocenters. The highest BCUT2D eigenvalue weighted by molar-refractivity contribution is 6.21. The van der Waals surface area contributed by atoms with Crippen LogP contribution in [0.5, 0.6) is 5.75 Å². The van der Waals surface area contributed by atoms with Gasteiger partial charge in [0.05, 0.1) is 23.1 Å². The van der Waals surface area contributed by atoms with Crippen LogP contribution in [0, 0.1) is 0 Å². The summed E-state index contributed by atoms with van der Waals surface area (Å²) in [5.74, 6) is -2.38. The van der Waals surface area contributed by atoms with Gasteiger partial charge in [0, 0.05) is 6.54 Å². The molecule has 1 heterocycles. The number of carbonyl (C=O) groups excluding carboxylic acids is 3. The number of carboxylic acid groups (broad SMARTS) is 1. The van der Waals surface area contributed by atoms with E-state index in [-0.39, 0.29) is 24.3 Å². The molecule has 2 aromatic carbocycles. The maximum absolute atomic E-state index is 12.2. The second-order valence-electron chi connectivity index (χ2n) is 5.36. The molecule has 0 saturated heterocycles. The van der Waals surface area contributed by atoms with Gasteiger partial charge < -0.3 is 9.84 Å². The van der Waals surface area contributed by atoms with Gasteiger partial charge in [-0.25, -0.2) is 4.79 Å². The molecule has 1 N–H and O–H groups in total. The van der Waals surface area contributed by atoms with Crippen LogP contribution in [-0.4, -0.2) is 40.3 Å². The van der Waals surface area contributed by atoms with Gasteiger partial charge in [0.2, 0.25) is 0 Å². The Morgan fingerprint density at radius 2 is 1.48 bits per heavy atom. The van der Waals surface area contributed by atoms with Crippen LogP contribution in [0.4, 0.5) is 0 Å². The monoisotopic (exact) mass is 339 g/mol. The Hall–Kier alpha value is -3.48. The van der Waals surface area contributed by atoms with Gasteiger partial charge in [0.1, 0.15) is 5.75 Å². The van der Waals surface area contributed by atoms with Crippen molar-refractivity contribution in [1.29, 1.82) is 0 Å². The molecule has 126 valence electrons. The van der Waals surface area contributed by atoms with Crippen molar-refractivity contribution < 1.29 is 29.0 Å². The standard InChI is InChI=1S/C18H13NO6/c20-15(25-12-7-5-11(6-8-12)18(23)24)9-10-19-16(21)13-3-1-2-4-14(13)17(19)22/h1-8H,9-10H2,(H,23,24). The molecule has 0 radical (unpaired) electrons. The number of aromatic carboxylic acids is 1. The molecule has 7 heteroatoms. The fraction of sp³-hybridized carbons (Fsp3) is 0.111. The molecule has 1 aliphatic rings. The van der Waals surface area contributed by atoms with Gasteiger partial charge in [-0.3, -0.25) is 19.3 Å². The summed E-state index contributed by atoms with van der Waals surface area (Å²) in [7, 11) is 0. The minimum atomic E-state index is -1.08. The van der Waals surface area contributed by atoms with Crippen molar-refractivity contribution in [2.75, 3.05) is 6.54 Å². The highest BCUT2D eigenvalue weighted by atomic mass is 16.5. The first-order valence-corrected chi connectivity index (χ1v) is 7.46. The Kier molecular flexibility index (Phi) is 4.30. The van der Waals surface area contributed by atoms with Crippen LogP contribution in [0.1, 0.15) is 37.5 Å². The zero-order valence-electron chi connectivity index (χ0n) is 13.0. The van der Waals surface area contributed by atoms with Crippen LogP contribution in [0.15, 0.2) is 48.5 Å². The number of fused-ring (bicyclic) bond motifs is 1. The molecule has 2 aromatic rings. The second-order valence-corrected chi connectivity index (χ2v) is 5.36. The molecule has 0 bridgehead atoms. The molecule has 25 heavy (non-hydrogen) atoms. The quantitative estimate of drug-likeness (QED) is 0.508. The van der Waals surface area contributed by atoms with Crippen LogP contribution in [0.25, 0.3) is 0 Å². The summed E-state index contributed by atoms with van der Waals surface area (Å²) in [6.45, 7) is -0.0849. The van der Waals surface area contributed by atoms with Gasteiger partial charge in [-0.2, -0.15) is 0 Å². The van der Waals surface area contributed by atoms with Gasteiger partial charge >= 0.3 is 11.9 Å². The van der Waals surface area contributed by atoms with E-state index in [9.17, 15) is 19.2 Å².